The summed E-state index contributed by atoms with van der Waals surface area (Å²) in [6, 6.07) is 7.24. The summed E-state index contributed by atoms with van der Waals surface area (Å²) in [5.41, 5.74) is -0.201. The van der Waals surface area contributed by atoms with E-state index in [1.165, 1.54) is 17.0 Å². The lowest BCUT2D eigenvalue weighted by atomic mass is 9.97. The molecule has 2 unspecified atom stereocenters. The molecule has 32 heavy (non-hydrogen) atoms. The van der Waals surface area contributed by atoms with Crippen LogP contribution in [0.15, 0.2) is 47.4 Å². The summed E-state index contributed by atoms with van der Waals surface area (Å²) < 4.78 is 83.4. The molecule has 0 spiro atoms. The summed E-state index contributed by atoms with van der Waals surface area (Å²) in [7, 11) is -4.31. The van der Waals surface area contributed by atoms with Crippen LogP contribution in [0.4, 0.5) is 23.4 Å². The number of benzene rings is 2. The van der Waals surface area contributed by atoms with E-state index in [4.69, 9.17) is 11.6 Å². The fourth-order valence-corrected chi connectivity index (χ4v) is 6.27. The largest absolute Gasteiger partial charge is 0.342 e. The molecule has 1 aromatic heterocycles. The zero-order valence-corrected chi connectivity index (χ0v) is 18.3. The minimum Gasteiger partial charge on any atom is -0.342 e. The lowest BCUT2D eigenvalue weighted by molar-refractivity contribution is -0.0197. The maximum atomic E-state index is 14.4. The van der Waals surface area contributed by atoms with Gasteiger partial charge in [-0.05, 0) is 37.1 Å². The van der Waals surface area contributed by atoms with Gasteiger partial charge in [-0.2, -0.15) is 12.5 Å². The highest BCUT2D eigenvalue weighted by Crippen LogP contribution is 2.51. The van der Waals surface area contributed by atoms with Crippen molar-refractivity contribution in [3.05, 3.63) is 53.1 Å². The molecule has 5 nitrogen and oxygen atoms in total. The van der Waals surface area contributed by atoms with Crippen molar-refractivity contribution < 1.29 is 26.0 Å². The highest BCUT2D eigenvalue weighted by molar-refractivity contribution is 7.90. The molecule has 2 bridgehead atoms. The summed E-state index contributed by atoms with van der Waals surface area (Å²) >= 11 is 6.36. The van der Waals surface area contributed by atoms with Crippen LogP contribution in [0, 0.1) is 0 Å². The second kappa shape index (κ2) is 6.84. The number of hydrogen-bond donors (Lipinski definition) is 0. The molecule has 0 N–H and O–H groups in total. The fraction of sp³-hybridized carbons (Fsp3) is 0.381. The Morgan fingerprint density at radius 1 is 1.12 bits per heavy atom. The van der Waals surface area contributed by atoms with Gasteiger partial charge in [-0.15, -0.1) is 5.10 Å². The molecular weight excluding hydrogens is 470 g/mol. The average Bonchev–Trinajstić information content (AvgIpc) is 3.36. The number of halogens is 5. The maximum absolute atomic E-state index is 14.4. The van der Waals surface area contributed by atoms with Gasteiger partial charge in [0, 0.05) is 24.9 Å². The van der Waals surface area contributed by atoms with Gasteiger partial charge in [0.1, 0.15) is 0 Å². The molecule has 2 aromatic carbocycles. The van der Waals surface area contributed by atoms with Crippen molar-refractivity contribution in [1.82, 2.24) is 9.19 Å². The molecule has 2 atom stereocenters. The number of nitrogens with zero attached hydrogens (tertiary/aromatic N) is 3. The number of aromatic nitrogens is 2. The minimum absolute atomic E-state index is 0.0931. The molecule has 0 aliphatic carbocycles. The Morgan fingerprint density at radius 3 is 2.38 bits per heavy atom. The van der Waals surface area contributed by atoms with E-state index in [1.807, 2.05) is 0 Å². The second-order valence-electron chi connectivity index (χ2n) is 8.34. The molecule has 2 aliphatic heterocycles. The molecule has 2 aliphatic rings. The molecule has 0 radical (unpaired) electrons. The first-order valence-corrected chi connectivity index (χ1v) is 11.8. The van der Waals surface area contributed by atoms with E-state index in [-0.39, 0.29) is 45.0 Å². The molecular formula is C21H18ClF4N3O2S. The van der Waals surface area contributed by atoms with E-state index >= 15 is 0 Å². The average molecular weight is 488 g/mol. The van der Waals surface area contributed by atoms with Crippen molar-refractivity contribution in [2.45, 2.75) is 55.0 Å². The Balaban J connectivity index is 1.67. The Morgan fingerprint density at radius 2 is 1.81 bits per heavy atom. The van der Waals surface area contributed by atoms with E-state index in [0.717, 1.165) is 28.4 Å². The molecule has 0 amide bonds. The van der Waals surface area contributed by atoms with Crippen LogP contribution >= 0.6 is 11.6 Å². The van der Waals surface area contributed by atoms with Crippen LogP contribution in [-0.2, 0) is 15.9 Å². The lowest BCUT2D eigenvalue weighted by Crippen LogP contribution is -2.36. The molecule has 170 valence electrons. The van der Waals surface area contributed by atoms with Gasteiger partial charge in [-0.1, -0.05) is 29.8 Å². The number of anilines is 1. The van der Waals surface area contributed by atoms with E-state index in [1.54, 1.807) is 6.07 Å². The van der Waals surface area contributed by atoms with E-state index in [2.05, 4.69) is 5.10 Å². The smallest absolute Gasteiger partial charge is 0.283 e. The van der Waals surface area contributed by atoms with Crippen molar-refractivity contribution in [2.24, 2.45) is 0 Å². The highest BCUT2D eigenvalue weighted by atomic mass is 35.5. The van der Waals surface area contributed by atoms with Crippen LogP contribution < -0.4 is 4.90 Å². The van der Waals surface area contributed by atoms with Crippen molar-refractivity contribution in [1.29, 1.82) is 0 Å². The van der Waals surface area contributed by atoms with Crippen molar-refractivity contribution in [3.63, 3.8) is 0 Å². The zero-order chi connectivity index (χ0) is 23.1. The standard InChI is InChI=1S/C21H18ClF4N3O2S/c1-20(23,24)12-5-8-14(9-6-12)32(30,31)29-16-4-2-3-15(22)18(16)19(27-29)28-13-7-10-17(28)21(25,26)11-13/h2-6,8-9,13,17H,7,10-11H2,1H3. The molecule has 11 heteroatoms. The topological polar surface area (TPSA) is 55.2 Å². The number of alkyl halides is 4. The Bertz CT molecular complexity index is 1320. The predicted molar refractivity (Wildman–Crippen MR) is 112 cm³/mol. The molecule has 3 heterocycles. The van der Waals surface area contributed by atoms with Crippen molar-refractivity contribution in [2.75, 3.05) is 4.90 Å². The summed E-state index contributed by atoms with van der Waals surface area (Å²) in [6.45, 7) is 0.714. The Kier molecular flexibility index (Phi) is 4.59. The summed E-state index contributed by atoms with van der Waals surface area (Å²) in [4.78, 5) is 1.23. The highest BCUT2D eigenvalue weighted by Gasteiger charge is 2.58. The Hall–Kier alpha value is -2.33. The van der Waals surface area contributed by atoms with Gasteiger partial charge in [0.15, 0.2) is 5.82 Å². The first-order valence-electron chi connectivity index (χ1n) is 9.98. The Labute approximate surface area is 186 Å². The SMILES string of the molecule is CC(F)(F)c1ccc(S(=O)(=O)n2nc(N3C4CCC3C(F)(F)C4)c3c(Cl)cccc32)cc1. The van der Waals surface area contributed by atoms with E-state index in [9.17, 15) is 26.0 Å². The first-order chi connectivity index (χ1) is 14.9. The summed E-state index contributed by atoms with van der Waals surface area (Å²) in [5.74, 6) is -5.93. The van der Waals surface area contributed by atoms with Crippen LogP contribution in [-0.4, -0.2) is 35.6 Å². The number of rotatable bonds is 4. The zero-order valence-electron chi connectivity index (χ0n) is 16.8. The third-order valence-electron chi connectivity index (χ3n) is 6.24. The predicted octanol–water partition coefficient (Wildman–Crippen LogP) is 5.41. The van der Waals surface area contributed by atoms with Crippen LogP contribution in [0.3, 0.4) is 0 Å². The minimum atomic E-state index is -4.31. The van der Waals surface area contributed by atoms with Crippen LogP contribution in [0.2, 0.25) is 5.02 Å². The van der Waals surface area contributed by atoms with Crippen LogP contribution in [0.25, 0.3) is 10.9 Å². The van der Waals surface area contributed by atoms with Gasteiger partial charge in [0.2, 0.25) is 0 Å². The van der Waals surface area contributed by atoms with E-state index < -0.39 is 34.0 Å². The third-order valence-corrected chi connectivity index (χ3v) is 8.15. The quantitative estimate of drug-likeness (QED) is 0.461. The molecule has 2 fully saturated rings. The van der Waals surface area contributed by atoms with Gasteiger partial charge in [0.25, 0.3) is 21.9 Å². The monoisotopic (exact) mass is 487 g/mol. The number of fused-ring (bicyclic) bond motifs is 3. The van der Waals surface area contributed by atoms with Gasteiger partial charge >= 0.3 is 0 Å². The summed E-state index contributed by atoms with van der Waals surface area (Å²) in [6.07, 6.45) is 0.504. The lowest BCUT2D eigenvalue weighted by Gasteiger charge is -2.24. The van der Waals surface area contributed by atoms with Crippen molar-refractivity contribution >= 4 is 38.3 Å². The molecule has 5 rings (SSSR count). The normalized spacial score (nSPS) is 22.8. The second-order valence-corrected chi connectivity index (χ2v) is 10.5. The van der Waals surface area contributed by atoms with Crippen LogP contribution in [0.5, 0.6) is 0 Å². The van der Waals surface area contributed by atoms with E-state index in [0.29, 0.717) is 13.3 Å². The molecule has 0 saturated carbocycles. The molecule has 3 aromatic rings. The van der Waals surface area contributed by atoms with Crippen LogP contribution in [0.1, 0.15) is 31.7 Å². The van der Waals surface area contributed by atoms with Gasteiger partial charge in [-0.25, -0.2) is 17.6 Å². The van der Waals surface area contributed by atoms with Gasteiger partial charge in [0.05, 0.1) is 26.9 Å². The van der Waals surface area contributed by atoms with Crippen molar-refractivity contribution in [3.8, 4) is 0 Å². The first kappa shape index (κ1) is 21.5. The fourth-order valence-electron chi connectivity index (χ4n) is 4.74. The van der Waals surface area contributed by atoms with Gasteiger partial charge in [-0.3, -0.25) is 0 Å². The number of hydrogen-bond acceptors (Lipinski definition) is 4. The maximum Gasteiger partial charge on any atom is 0.283 e. The third kappa shape index (κ3) is 3.10. The molecule has 2 saturated heterocycles. The summed E-state index contributed by atoms with van der Waals surface area (Å²) in [5, 5.41) is 4.70. The van der Waals surface area contributed by atoms with Gasteiger partial charge < -0.3 is 4.90 Å².